The number of nitrogens with zero attached hydrogens (tertiary/aromatic N) is 2. The second-order valence-electron chi connectivity index (χ2n) is 3.94. The van der Waals surface area contributed by atoms with Crippen molar-refractivity contribution in [1.29, 1.82) is 0 Å². The van der Waals surface area contributed by atoms with Crippen LogP contribution >= 0.6 is 0 Å². The highest BCUT2D eigenvalue weighted by molar-refractivity contribution is 5.43. The highest BCUT2D eigenvalue weighted by Gasteiger charge is 2.08. The van der Waals surface area contributed by atoms with Crippen molar-refractivity contribution in [3.8, 4) is 0 Å². The van der Waals surface area contributed by atoms with E-state index in [1.807, 2.05) is 31.2 Å². The Hall–Kier alpha value is -2.17. The molecule has 1 heterocycles. The van der Waals surface area contributed by atoms with E-state index in [2.05, 4.69) is 15.3 Å². The van der Waals surface area contributed by atoms with Crippen LogP contribution in [0.5, 0.6) is 0 Å². The van der Waals surface area contributed by atoms with Crippen LogP contribution in [0, 0.1) is 5.82 Å². The SMILES string of the molecule is CCc1ncnc(NCc2cccc(N)c2)c1F. The van der Waals surface area contributed by atoms with Crippen LogP contribution in [-0.2, 0) is 13.0 Å². The van der Waals surface area contributed by atoms with Crippen molar-refractivity contribution in [1.82, 2.24) is 9.97 Å². The number of benzene rings is 1. The van der Waals surface area contributed by atoms with Crippen LogP contribution in [-0.4, -0.2) is 9.97 Å². The van der Waals surface area contributed by atoms with Crippen molar-refractivity contribution in [3.05, 3.63) is 47.7 Å². The molecule has 0 radical (unpaired) electrons. The van der Waals surface area contributed by atoms with Crippen LogP contribution in [0.3, 0.4) is 0 Å². The summed E-state index contributed by atoms with van der Waals surface area (Å²) in [4.78, 5) is 7.78. The van der Waals surface area contributed by atoms with Crippen LogP contribution in [0.25, 0.3) is 0 Å². The van der Waals surface area contributed by atoms with Crippen molar-refractivity contribution in [2.45, 2.75) is 19.9 Å². The van der Waals surface area contributed by atoms with Crippen LogP contribution in [0.1, 0.15) is 18.2 Å². The lowest BCUT2D eigenvalue weighted by atomic mass is 10.2. The maximum atomic E-state index is 13.8. The van der Waals surface area contributed by atoms with Gasteiger partial charge in [-0.2, -0.15) is 0 Å². The number of anilines is 2. The second-order valence-corrected chi connectivity index (χ2v) is 3.94. The number of nitrogen functional groups attached to an aromatic ring is 1. The van der Waals surface area contributed by atoms with Crippen LogP contribution in [0.4, 0.5) is 15.9 Å². The fourth-order valence-electron chi connectivity index (χ4n) is 1.66. The Morgan fingerprint density at radius 1 is 1.33 bits per heavy atom. The molecule has 5 heteroatoms. The zero-order valence-corrected chi connectivity index (χ0v) is 10.2. The Morgan fingerprint density at radius 3 is 2.89 bits per heavy atom. The second kappa shape index (κ2) is 5.44. The number of nitrogens with two attached hydrogens (primary N) is 1. The fourth-order valence-corrected chi connectivity index (χ4v) is 1.66. The Morgan fingerprint density at radius 2 is 2.17 bits per heavy atom. The summed E-state index contributed by atoms with van der Waals surface area (Å²) in [6, 6.07) is 7.43. The Kier molecular flexibility index (Phi) is 3.72. The first-order valence-corrected chi connectivity index (χ1v) is 5.78. The molecule has 4 nitrogen and oxygen atoms in total. The first-order valence-electron chi connectivity index (χ1n) is 5.78. The first kappa shape index (κ1) is 12.3. The molecule has 0 unspecified atom stereocenters. The molecule has 0 saturated carbocycles. The topological polar surface area (TPSA) is 63.8 Å². The summed E-state index contributed by atoms with van der Waals surface area (Å²) >= 11 is 0. The third kappa shape index (κ3) is 2.74. The van der Waals surface area contributed by atoms with Gasteiger partial charge in [-0.05, 0) is 24.1 Å². The molecule has 0 saturated heterocycles. The van der Waals surface area contributed by atoms with E-state index < -0.39 is 0 Å². The zero-order chi connectivity index (χ0) is 13.0. The average Bonchev–Trinajstić information content (AvgIpc) is 2.38. The minimum absolute atomic E-state index is 0.226. The molecule has 0 amide bonds. The molecule has 0 bridgehead atoms. The van der Waals surface area contributed by atoms with Gasteiger partial charge in [-0.3, -0.25) is 0 Å². The summed E-state index contributed by atoms with van der Waals surface area (Å²) in [5.74, 6) is -0.159. The van der Waals surface area contributed by atoms with Gasteiger partial charge in [0.2, 0.25) is 0 Å². The molecule has 94 valence electrons. The molecule has 0 spiro atoms. The maximum Gasteiger partial charge on any atom is 0.186 e. The quantitative estimate of drug-likeness (QED) is 0.813. The highest BCUT2D eigenvalue weighted by atomic mass is 19.1. The van der Waals surface area contributed by atoms with Crippen LogP contribution < -0.4 is 11.1 Å². The maximum absolute atomic E-state index is 13.8. The zero-order valence-electron chi connectivity index (χ0n) is 10.2. The normalized spacial score (nSPS) is 10.3. The molecule has 1 aromatic carbocycles. The van der Waals surface area contributed by atoms with Gasteiger partial charge in [0.1, 0.15) is 6.33 Å². The Labute approximate surface area is 105 Å². The van der Waals surface area contributed by atoms with Gasteiger partial charge in [0.15, 0.2) is 11.6 Å². The smallest absolute Gasteiger partial charge is 0.186 e. The average molecular weight is 246 g/mol. The number of aryl methyl sites for hydroxylation is 1. The predicted molar refractivity (Wildman–Crippen MR) is 69.5 cm³/mol. The summed E-state index contributed by atoms with van der Waals surface area (Å²) in [6.07, 6.45) is 1.91. The Bertz CT molecular complexity index is 542. The van der Waals surface area contributed by atoms with Gasteiger partial charge in [0, 0.05) is 12.2 Å². The molecule has 0 aliphatic heterocycles. The van der Waals surface area contributed by atoms with E-state index >= 15 is 0 Å². The third-order valence-corrected chi connectivity index (χ3v) is 2.61. The highest BCUT2D eigenvalue weighted by Crippen LogP contribution is 2.15. The summed E-state index contributed by atoms with van der Waals surface area (Å²) in [5.41, 5.74) is 7.76. The largest absolute Gasteiger partial charge is 0.399 e. The van der Waals surface area contributed by atoms with Crippen molar-refractivity contribution in [2.75, 3.05) is 11.1 Å². The van der Waals surface area contributed by atoms with E-state index in [9.17, 15) is 4.39 Å². The van der Waals surface area contributed by atoms with Gasteiger partial charge in [-0.15, -0.1) is 0 Å². The molecule has 2 aromatic rings. The number of hydrogen-bond donors (Lipinski definition) is 2. The molecule has 2 rings (SSSR count). The first-order chi connectivity index (χ1) is 8.70. The van der Waals surface area contributed by atoms with E-state index in [1.54, 1.807) is 0 Å². The minimum atomic E-state index is -0.385. The molecule has 0 fully saturated rings. The molecule has 0 aliphatic carbocycles. The van der Waals surface area contributed by atoms with Gasteiger partial charge >= 0.3 is 0 Å². The van der Waals surface area contributed by atoms with Gasteiger partial charge in [-0.25, -0.2) is 14.4 Å². The van der Waals surface area contributed by atoms with E-state index in [0.29, 0.717) is 24.3 Å². The Balaban J connectivity index is 2.11. The van der Waals surface area contributed by atoms with E-state index in [4.69, 9.17) is 5.73 Å². The lowest BCUT2D eigenvalue weighted by Gasteiger charge is -2.08. The number of hydrogen-bond acceptors (Lipinski definition) is 4. The van der Waals surface area contributed by atoms with Gasteiger partial charge in [0.05, 0.1) is 5.69 Å². The fraction of sp³-hybridized carbons (Fsp3) is 0.231. The van der Waals surface area contributed by atoms with E-state index in [0.717, 1.165) is 5.56 Å². The summed E-state index contributed by atoms with van der Waals surface area (Å²) in [5, 5.41) is 2.95. The molecule has 1 aromatic heterocycles. The number of halogens is 1. The number of nitrogens with one attached hydrogen (secondary N) is 1. The van der Waals surface area contributed by atoms with Gasteiger partial charge in [-0.1, -0.05) is 19.1 Å². The van der Waals surface area contributed by atoms with Crippen LogP contribution in [0.15, 0.2) is 30.6 Å². The van der Waals surface area contributed by atoms with Crippen LogP contribution in [0.2, 0.25) is 0 Å². The number of rotatable bonds is 4. The van der Waals surface area contributed by atoms with Crippen molar-refractivity contribution < 1.29 is 4.39 Å². The lowest BCUT2D eigenvalue weighted by molar-refractivity contribution is 0.596. The molecular weight excluding hydrogens is 231 g/mol. The van der Waals surface area contributed by atoms with Gasteiger partial charge < -0.3 is 11.1 Å². The summed E-state index contributed by atoms with van der Waals surface area (Å²) < 4.78 is 13.8. The standard InChI is InChI=1S/C13H15FN4/c1-2-11-12(14)13(18-8-17-11)16-7-9-4-3-5-10(15)6-9/h3-6,8H,2,7,15H2,1H3,(H,16,17,18). The summed E-state index contributed by atoms with van der Waals surface area (Å²) in [6.45, 7) is 2.33. The third-order valence-electron chi connectivity index (χ3n) is 2.61. The van der Waals surface area contributed by atoms with Gasteiger partial charge in [0.25, 0.3) is 0 Å². The van der Waals surface area contributed by atoms with Crippen molar-refractivity contribution in [3.63, 3.8) is 0 Å². The molecule has 18 heavy (non-hydrogen) atoms. The minimum Gasteiger partial charge on any atom is -0.399 e. The molecular formula is C13H15FN4. The van der Waals surface area contributed by atoms with Crippen molar-refractivity contribution in [2.24, 2.45) is 0 Å². The van der Waals surface area contributed by atoms with E-state index in [1.165, 1.54) is 6.33 Å². The molecule has 0 aliphatic rings. The monoisotopic (exact) mass is 246 g/mol. The lowest BCUT2D eigenvalue weighted by Crippen LogP contribution is -2.07. The molecule has 3 N–H and O–H groups in total. The summed E-state index contributed by atoms with van der Waals surface area (Å²) in [7, 11) is 0. The number of aromatic nitrogens is 2. The van der Waals surface area contributed by atoms with Crippen molar-refractivity contribution >= 4 is 11.5 Å². The van der Waals surface area contributed by atoms with E-state index in [-0.39, 0.29) is 11.6 Å². The predicted octanol–water partition coefficient (Wildman–Crippen LogP) is 2.37. The molecule has 0 atom stereocenters.